The van der Waals surface area contributed by atoms with Crippen LogP contribution in [0.2, 0.25) is 0 Å². The van der Waals surface area contributed by atoms with E-state index in [4.69, 9.17) is 10.8 Å². The minimum absolute atomic E-state index is 0.0643. The molecule has 1 atom stereocenters. The Kier molecular flexibility index (Phi) is 5.80. The molecule has 0 spiro atoms. The molecule has 0 aliphatic carbocycles. The summed E-state index contributed by atoms with van der Waals surface area (Å²) >= 11 is 0. The molecule has 0 fully saturated rings. The maximum atomic E-state index is 12.4. The van der Waals surface area contributed by atoms with E-state index in [1.54, 1.807) is 11.8 Å². The second-order valence-electron chi connectivity index (χ2n) is 5.94. The van der Waals surface area contributed by atoms with Crippen LogP contribution in [-0.4, -0.2) is 39.5 Å². The molecule has 0 radical (unpaired) electrons. The standard InChI is InChI=1S/C13H26N2O3/c1-6-8-13(5,14)11(18)15(12(2,3)4)9-7-10(16)17/h6-9,14H2,1-5H3,(H,16,17). The molecule has 0 aromatic heterocycles. The first-order chi connectivity index (χ1) is 8.02. The SMILES string of the molecule is CCCC(C)(N)C(=O)N(CCC(=O)O)C(C)(C)C. The van der Waals surface area contributed by atoms with Gasteiger partial charge in [-0.1, -0.05) is 13.3 Å². The van der Waals surface area contributed by atoms with Gasteiger partial charge in [0.05, 0.1) is 12.0 Å². The van der Waals surface area contributed by atoms with E-state index in [1.807, 2.05) is 27.7 Å². The molecule has 0 saturated heterocycles. The molecule has 5 nitrogen and oxygen atoms in total. The first-order valence-corrected chi connectivity index (χ1v) is 6.35. The van der Waals surface area contributed by atoms with Crippen molar-refractivity contribution in [3.05, 3.63) is 0 Å². The Morgan fingerprint density at radius 1 is 1.22 bits per heavy atom. The Balaban J connectivity index is 4.97. The van der Waals surface area contributed by atoms with Crippen LogP contribution in [0.4, 0.5) is 0 Å². The molecule has 0 heterocycles. The molecule has 1 amide bonds. The largest absolute Gasteiger partial charge is 0.481 e. The molecular formula is C13H26N2O3. The van der Waals surface area contributed by atoms with E-state index in [0.29, 0.717) is 6.42 Å². The number of carbonyl (C=O) groups is 2. The van der Waals surface area contributed by atoms with Gasteiger partial charge < -0.3 is 15.7 Å². The number of carboxylic acids is 1. The van der Waals surface area contributed by atoms with Crippen molar-refractivity contribution >= 4 is 11.9 Å². The lowest BCUT2D eigenvalue weighted by Gasteiger charge is -2.40. The lowest BCUT2D eigenvalue weighted by molar-refractivity contribution is -0.144. The summed E-state index contributed by atoms with van der Waals surface area (Å²) in [5.74, 6) is -1.09. The van der Waals surface area contributed by atoms with Crippen molar-refractivity contribution in [2.24, 2.45) is 5.73 Å². The molecular weight excluding hydrogens is 232 g/mol. The van der Waals surface area contributed by atoms with E-state index < -0.39 is 17.0 Å². The third kappa shape index (κ3) is 5.04. The highest BCUT2D eigenvalue weighted by Crippen LogP contribution is 2.21. The van der Waals surface area contributed by atoms with E-state index in [2.05, 4.69) is 0 Å². The molecule has 5 heteroatoms. The van der Waals surface area contributed by atoms with Crippen LogP contribution in [-0.2, 0) is 9.59 Å². The fourth-order valence-electron chi connectivity index (χ4n) is 1.88. The average molecular weight is 258 g/mol. The Hall–Kier alpha value is -1.10. The molecule has 3 N–H and O–H groups in total. The fourth-order valence-corrected chi connectivity index (χ4v) is 1.88. The Morgan fingerprint density at radius 3 is 2.06 bits per heavy atom. The highest BCUT2D eigenvalue weighted by Gasteiger charge is 2.36. The first-order valence-electron chi connectivity index (χ1n) is 6.35. The maximum Gasteiger partial charge on any atom is 0.305 e. The predicted octanol–water partition coefficient (Wildman–Crippen LogP) is 1.61. The van der Waals surface area contributed by atoms with Crippen LogP contribution in [0, 0.1) is 0 Å². The van der Waals surface area contributed by atoms with Gasteiger partial charge in [-0.15, -0.1) is 0 Å². The predicted molar refractivity (Wildman–Crippen MR) is 71.2 cm³/mol. The Morgan fingerprint density at radius 2 is 1.72 bits per heavy atom. The van der Waals surface area contributed by atoms with Crippen LogP contribution in [0.1, 0.15) is 53.9 Å². The molecule has 0 saturated carbocycles. The second-order valence-corrected chi connectivity index (χ2v) is 5.94. The van der Waals surface area contributed by atoms with Gasteiger partial charge in [-0.25, -0.2) is 0 Å². The number of nitrogens with two attached hydrogens (primary N) is 1. The lowest BCUT2D eigenvalue weighted by atomic mass is 9.92. The van der Waals surface area contributed by atoms with E-state index in [0.717, 1.165) is 6.42 Å². The normalized spacial score (nSPS) is 15.0. The van der Waals surface area contributed by atoms with Crippen LogP contribution in [0.15, 0.2) is 0 Å². The number of aliphatic carboxylic acids is 1. The number of amides is 1. The Labute approximate surface area is 109 Å². The average Bonchev–Trinajstić information content (AvgIpc) is 2.14. The third-order valence-corrected chi connectivity index (χ3v) is 2.86. The van der Waals surface area contributed by atoms with Crippen LogP contribution >= 0.6 is 0 Å². The quantitative estimate of drug-likeness (QED) is 0.758. The minimum Gasteiger partial charge on any atom is -0.481 e. The van der Waals surface area contributed by atoms with E-state index in [-0.39, 0.29) is 18.9 Å². The van der Waals surface area contributed by atoms with Gasteiger partial charge in [-0.05, 0) is 34.1 Å². The minimum atomic E-state index is -0.930. The van der Waals surface area contributed by atoms with Crippen molar-refractivity contribution < 1.29 is 14.7 Å². The molecule has 18 heavy (non-hydrogen) atoms. The first kappa shape index (κ1) is 16.9. The molecule has 0 rings (SSSR count). The summed E-state index contributed by atoms with van der Waals surface area (Å²) in [4.78, 5) is 24.6. The van der Waals surface area contributed by atoms with Gasteiger partial charge in [-0.3, -0.25) is 9.59 Å². The van der Waals surface area contributed by atoms with E-state index in [9.17, 15) is 9.59 Å². The number of rotatable bonds is 6. The van der Waals surface area contributed by atoms with Crippen LogP contribution in [0.3, 0.4) is 0 Å². The highest BCUT2D eigenvalue weighted by atomic mass is 16.4. The van der Waals surface area contributed by atoms with Gasteiger partial charge in [0.2, 0.25) is 5.91 Å². The zero-order valence-corrected chi connectivity index (χ0v) is 12.1. The molecule has 0 aliphatic rings. The summed E-state index contributed by atoms with van der Waals surface area (Å²) < 4.78 is 0. The van der Waals surface area contributed by atoms with Gasteiger partial charge in [-0.2, -0.15) is 0 Å². The smallest absolute Gasteiger partial charge is 0.305 e. The fraction of sp³-hybridized carbons (Fsp3) is 0.846. The molecule has 0 aliphatic heterocycles. The number of nitrogens with zero attached hydrogens (tertiary/aromatic N) is 1. The number of carbonyl (C=O) groups excluding carboxylic acids is 1. The summed E-state index contributed by atoms with van der Waals surface area (Å²) in [5.41, 5.74) is 4.68. The zero-order valence-electron chi connectivity index (χ0n) is 12.1. The maximum absolute atomic E-state index is 12.4. The van der Waals surface area contributed by atoms with Crippen LogP contribution in [0.5, 0.6) is 0 Å². The van der Waals surface area contributed by atoms with Gasteiger partial charge >= 0.3 is 5.97 Å². The number of hydrogen-bond donors (Lipinski definition) is 2. The second kappa shape index (κ2) is 6.18. The number of hydrogen-bond acceptors (Lipinski definition) is 3. The van der Waals surface area contributed by atoms with Gasteiger partial charge in [0.15, 0.2) is 0 Å². The molecule has 106 valence electrons. The molecule has 0 aromatic carbocycles. The van der Waals surface area contributed by atoms with E-state index >= 15 is 0 Å². The van der Waals surface area contributed by atoms with E-state index in [1.165, 1.54) is 0 Å². The van der Waals surface area contributed by atoms with Crippen molar-refractivity contribution in [1.29, 1.82) is 0 Å². The molecule has 0 aromatic rings. The van der Waals surface area contributed by atoms with Crippen molar-refractivity contribution in [2.45, 2.75) is 65.0 Å². The summed E-state index contributed by atoms with van der Waals surface area (Å²) in [5, 5.41) is 8.75. The van der Waals surface area contributed by atoms with Crippen molar-refractivity contribution in [3.63, 3.8) is 0 Å². The third-order valence-electron chi connectivity index (χ3n) is 2.86. The molecule has 0 bridgehead atoms. The Bertz CT molecular complexity index is 306. The molecule has 1 unspecified atom stereocenters. The summed E-state index contributed by atoms with van der Waals surface area (Å²) in [6, 6.07) is 0. The van der Waals surface area contributed by atoms with Crippen LogP contribution < -0.4 is 5.73 Å². The summed E-state index contributed by atoms with van der Waals surface area (Å²) in [6.45, 7) is 9.52. The zero-order chi connectivity index (χ0) is 14.6. The number of carboxylic acid groups (broad SMARTS) is 1. The van der Waals surface area contributed by atoms with Crippen molar-refractivity contribution in [1.82, 2.24) is 4.90 Å². The van der Waals surface area contributed by atoms with Crippen LogP contribution in [0.25, 0.3) is 0 Å². The van der Waals surface area contributed by atoms with Gasteiger partial charge in [0.25, 0.3) is 0 Å². The lowest BCUT2D eigenvalue weighted by Crippen LogP contribution is -2.58. The van der Waals surface area contributed by atoms with Gasteiger partial charge in [0.1, 0.15) is 0 Å². The van der Waals surface area contributed by atoms with Crippen molar-refractivity contribution in [3.8, 4) is 0 Å². The topological polar surface area (TPSA) is 83.6 Å². The summed E-state index contributed by atoms with van der Waals surface area (Å²) in [6.07, 6.45) is 1.34. The van der Waals surface area contributed by atoms with Crippen molar-refractivity contribution in [2.75, 3.05) is 6.54 Å². The van der Waals surface area contributed by atoms with Gasteiger partial charge in [0, 0.05) is 12.1 Å². The summed E-state index contributed by atoms with van der Waals surface area (Å²) in [7, 11) is 0. The highest BCUT2D eigenvalue weighted by molar-refractivity contribution is 5.86. The monoisotopic (exact) mass is 258 g/mol.